The van der Waals surface area contributed by atoms with Gasteiger partial charge in [-0.25, -0.2) is 0 Å². The summed E-state index contributed by atoms with van der Waals surface area (Å²) in [5.41, 5.74) is 1.17. The van der Waals surface area contributed by atoms with Crippen LogP contribution < -0.4 is 4.74 Å². The fourth-order valence-electron chi connectivity index (χ4n) is 4.98. The quantitative estimate of drug-likeness (QED) is 0.795. The molecule has 0 saturated carbocycles. The van der Waals surface area contributed by atoms with E-state index in [-0.39, 0.29) is 18.1 Å². The lowest BCUT2D eigenvalue weighted by Crippen LogP contribution is -2.55. The zero-order chi connectivity index (χ0) is 19.4. The Morgan fingerprint density at radius 3 is 2.54 bits per heavy atom. The minimum absolute atomic E-state index is 0.0189. The highest BCUT2D eigenvalue weighted by atomic mass is 16.5. The van der Waals surface area contributed by atoms with Crippen molar-refractivity contribution in [1.29, 1.82) is 0 Å². The smallest absolute Gasteiger partial charge is 0.260 e. The Kier molecular flexibility index (Phi) is 6.22. The maximum absolute atomic E-state index is 12.6. The van der Waals surface area contributed by atoms with E-state index in [1.807, 2.05) is 36.1 Å². The molecule has 0 aromatic heterocycles. The number of ether oxygens (including phenoxy) is 2. The van der Waals surface area contributed by atoms with Gasteiger partial charge in [0.1, 0.15) is 5.75 Å². The molecule has 0 aliphatic carbocycles. The van der Waals surface area contributed by atoms with Crippen LogP contribution in [0.3, 0.4) is 0 Å². The van der Waals surface area contributed by atoms with Crippen LogP contribution in [-0.2, 0) is 9.53 Å². The fourth-order valence-corrected chi connectivity index (χ4v) is 4.98. The Hall–Kier alpha value is -1.59. The normalized spacial score (nSPS) is 25.6. The molecular weight excluding hydrogens is 352 g/mol. The molecule has 154 valence electrons. The van der Waals surface area contributed by atoms with Crippen LogP contribution in [0.25, 0.3) is 0 Å². The van der Waals surface area contributed by atoms with Crippen molar-refractivity contribution in [2.75, 3.05) is 39.4 Å². The van der Waals surface area contributed by atoms with Crippen molar-refractivity contribution in [3.8, 4) is 5.75 Å². The summed E-state index contributed by atoms with van der Waals surface area (Å²) in [6.45, 7) is 7.09. The first-order chi connectivity index (χ1) is 13.6. The topological polar surface area (TPSA) is 42.0 Å². The first kappa shape index (κ1) is 19.7. The average molecular weight is 387 g/mol. The average Bonchev–Trinajstić information content (AvgIpc) is 2.74. The van der Waals surface area contributed by atoms with Gasteiger partial charge in [-0.1, -0.05) is 24.1 Å². The molecule has 4 rings (SSSR count). The van der Waals surface area contributed by atoms with E-state index in [0.717, 1.165) is 51.1 Å². The molecule has 3 saturated heterocycles. The maximum Gasteiger partial charge on any atom is 0.260 e. The maximum atomic E-state index is 12.6. The van der Waals surface area contributed by atoms with Crippen molar-refractivity contribution in [2.24, 2.45) is 0 Å². The monoisotopic (exact) mass is 386 g/mol. The first-order valence-electron chi connectivity index (χ1n) is 11.0. The number of likely N-dealkylation sites (tertiary alicyclic amines) is 2. The molecule has 1 aromatic carbocycles. The summed E-state index contributed by atoms with van der Waals surface area (Å²) in [5.74, 6) is 0.839. The van der Waals surface area contributed by atoms with Gasteiger partial charge in [0.15, 0.2) is 6.61 Å². The minimum Gasteiger partial charge on any atom is -0.484 e. The summed E-state index contributed by atoms with van der Waals surface area (Å²) >= 11 is 0. The Morgan fingerprint density at radius 2 is 1.82 bits per heavy atom. The van der Waals surface area contributed by atoms with E-state index < -0.39 is 0 Å². The molecule has 0 N–H and O–H groups in total. The van der Waals surface area contributed by atoms with Gasteiger partial charge in [-0.3, -0.25) is 4.79 Å². The van der Waals surface area contributed by atoms with Crippen molar-refractivity contribution >= 4 is 5.91 Å². The Labute approximate surface area is 169 Å². The van der Waals surface area contributed by atoms with E-state index in [4.69, 9.17) is 9.47 Å². The van der Waals surface area contributed by atoms with E-state index in [2.05, 4.69) is 4.90 Å². The molecule has 3 fully saturated rings. The molecule has 1 aromatic rings. The van der Waals surface area contributed by atoms with Crippen LogP contribution in [0.1, 0.15) is 50.5 Å². The van der Waals surface area contributed by atoms with Gasteiger partial charge < -0.3 is 19.3 Å². The van der Waals surface area contributed by atoms with Gasteiger partial charge in [-0.15, -0.1) is 0 Å². The molecule has 3 aliphatic rings. The SMILES string of the molecule is Cc1ccc(OCC(=O)N2CCC3(CC2)C[C@@H](N2CCCCC2)CCO3)cc1. The second-order valence-electron chi connectivity index (χ2n) is 8.76. The number of rotatable bonds is 4. The van der Waals surface area contributed by atoms with Crippen LogP contribution in [0.4, 0.5) is 0 Å². The van der Waals surface area contributed by atoms with Crippen molar-refractivity contribution in [3.05, 3.63) is 29.8 Å². The zero-order valence-electron chi connectivity index (χ0n) is 17.2. The zero-order valence-corrected chi connectivity index (χ0v) is 17.2. The second kappa shape index (κ2) is 8.83. The Morgan fingerprint density at radius 1 is 1.11 bits per heavy atom. The molecule has 3 heterocycles. The predicted molar refractivity (Wildman–Crippen MR) is 110 cm³/mol. The van der Waals surface area contributed by atoms with Crippen molar-refractivity contribution in [3.63, 3.8) is 0 Å². The Bertz CT molecular complexity index is 646. The number of carbonyl (C=O) groups is 1. The highest BCUT2D eigenvalue weighted by molar-refractivity contribution is 5.77. The van der Waals surface area contributed by atoms with Crippen molar-refractivity contribution < 1.29 is 14.3 Å². The summed E-state index contributed by atoms with van der Waals surface area (Å²) < 4.78 is 12.0. The third-order valence-electron chi connectivity index (χ3n) is 6.78. The molecule has 1 amide bonds. The number of piperidine rings is 2. The number of benzene rings is 1. The van der Waals surface area contributed by atoms with Crippen molar-refractivity contribution in [1.82, 2.24) is 9.80 Å². The minimum atomic E-state index is -0.0189. The molecule has 0 radical (unpaired) electrons. The molecule has 0 bridgehead atoms. The second-order valence-corrected chi connectivity index (χ2v) is 8.76. The van der Waals surface area contributed by atoms with E-state index in [9.17, 15) is 4.79 Å². The Balaban J connectivity index is 1.26. The fraction of sp³-hybridized carbons (Fsp3) is 0.696. The summed E-state index contributed by atoms with van der Waals surface area (Å²) in [7, 11) is 0. The number of aryl methyl sites for hydroxylation is 1. The van der Waals surface area contributed by atoms with Gasteiger partial charge in [0, 0.05) is 25.7 Å². The number of nitrogens with zero attached hydrogens (tertiary/aromatic N) is 2. The number of hydrogen-bond acceptors (Lipinski definition) is 4. The first-order valence-corrected chi connectivity index (χ1v) is 11.0. The molecule has 3 aliphatic heterocycles. The van der Waals surface area contributed by atoms with E-state index in [1.54, 1.807) is 0 Å². The molecule has 28 heavy (non-hydrogen) atoms. The van der Waals surface area contributed by atoms with E-state index >= 15 is 0 Å². The third-order valence-corrected chi connectivity index (χ3v) is 6.78. The summed E-state index contributed by atoms with van der Waals surface area (Å²) in [4.78, 5) is 17.2. The lowest BCUT2D eigenvalue weighted by Gasteiger charge is -2.49. The summed E-state index contributed by atoms with van der Waals surface area (Å²) in [5, 5.41) is 0. The van der Waals surface area contributed by atoms with Gasteiger partial charge in [0.05, 0.1) is 5.60 Å². The van der Waals surface area contributed by atoms with Crippen LogP contribution in [0.2, 0.25) is 0 Å². The predicted octanol–water partition coefficient (Wildman–Crippen LogP) is 3.40. The van der Waals surface area contributed by atoms with Gasteiger partial charge in [0.2, 0.25) is 0 Å². The van der Waals surface area contributed by atoms with Gasteiger partial charge in [0.25, 0.3) is 5.91 Å². The van der Waals surface area contributed by atoms with Crippen LogP contribution in [0.5, 0.6) is 5.75 Å². The molecule has 0 unspecified atom stereocenters. The van der Waals surface area contributed by atoms with Crippen molar-refractivity contribution in [2.45, 2.75) is 63.5 Å². The summed E-state index contributed by atoms with van der Waals surface area (Å²) in [6.07, 6.45) is 8.26. The number of hydrogen-bond donors (Lipinski definition) is 0. The molecule has 5 nitrogen and oxygen atoms in total. The third kappa shape index (κ3) is 4.69. The van der Waals surface area contributed by atoms with Crippen LogP contribution >= 0.6 is 0 Å². The number of carbonyl (C=O) groups excluding carboxylic acids is 1. The van der Waals surface area contributed by atoms with Gasteiger partial charge in [-0.05, 0) is 70.7 Å². The lowest BCUT2D eigenvalue weighted by atomic mass is 9.81. The highest BCUT2D eigenvalue weighted by Crippen LogP contribution is 2.37. The van der Waals surface area contributed by atoms with Gasteiger partial charge in [-0.2, -0.15) is 0 Å². The van der Waals surface area contributed by atoms with Gasteiger partial charge >= 0.3 is 0 Å². The highest BCUT2D eigenvalue weighted by Gasteiger charge is 2.42. The summed E-state index contributed by atoms with van der Waals surface area (Å²) in [6, 6.07) is 8.52. The lowest BCUT2D eigenvalue weighted by molar-refractivity contribution is -0.151. The van der Waals surface area contributed by atoms with Crippen LogP contribution in [-0.4, -0.2) is 66.7 Å². The molecular formula is C23H34N2O3. The molecule has 1 spiro atoms. The number of amides is 1. The van der Waals surface area contributed by atoms with Crippen LogP contribution in [0, 0.1) is 6.92 Å². The molecule has 1 atom stereocenters. The van der Waals surface area contributed by atoms with E-state index in [1.165, 1.54) is 37.9 Å². The largest absolute Gasteiger partial charge is 0.484 e. The van der Waals surface area contributed by atoms with E-state index in [0.29, 0.717) is 6.04 Å². The standard InChI is InChI=1S/C23H34N2O3/c1-19-5-7-21(8-6-19)27-18-22(26)25-14-10-23(11-15-25)17-20(9-16-28-23)24-12-3-2-4-13-24/h5-8,20H,2-4,9-18H2,1H3/t20-/m0/s1. The van der Waals surface area contributed by atoms with Crippen LogP contribution in [0.15, 0.2) is 24.3 Å². The molecule has 5 heteroatoms.